The molecule has 1 aliphatic rings. The largest absolute Gasteiger partial charge is 0.448 e. The summed E-state index contributed by atoms with van der Waals surface area (Å²) in [5.41, 5.74) is 0. The van der Waals surface area contributed by atoms with Crippen molar-refractivity contribution >= 4 is 0 Å². The molecule has 1 N–H and O–H groups in total. The van der Waals surface area contributed by atoms with E-state index in [0.717, 1.165) is 18.8 Å². The summed E-state index contributed by atoms with van der Waals surface area (Å²) in [6.07, 6.45) is 5.79. The van der Waals surface area contributed by atoms with Gasteiger partial charge in [0.2, 0.25) is 0 Å². The minimum Gasteiger partial charge on any atom is -0.448 e. The van der Waals surface area contributed by atoms with E-state index in [1.54, 1.807) is 0 Å². The van der Waals surface area contributed by atoms with Gasteiger partial charge in [0.05, 0.1) is 6.20 Å². The molecule has 11 heavy (non-hydrogen) atoms. The molecule has 1 fully saturated rings. The third kappa shape index (κ3) is 1.43. The number of piperidine rings is 1. The molecule has 0 amide bonds. The lowest BCUT2D eigenvalue weighted by molar-refractivity contribution is 0.387. The van der Waals surface area contributed by atoms with Gasteiger partial charge in [-0.05, 0) is 19.4 Å². The van der Waals surface area contributed by atoms with Crippen molar-refractivity contribution in [3.05, 3.63) is 18.4 Å². The van der Waals surface area contributed by atoms with Crippen LogP contribution in [0.25, 0.3) is 0 Å². The zero-order chi connectivity index (χ0) is 7.52. The first-order valence-corrected chi connectivity index (χ1v) is 4.06. The predicted molar refractivity (Wildman–Crippen MR) is 41.3 cm³/mol. The summed E-state index contributed by atoms with van der Waals surface area (Å²) in [7, 11) is 0. The Kier molecular flexibility index (Phi) is 1.90. The highest BCUT2D eigenvalue weighted by molar-refractivity contribution is 5.00. The Morgan fingerprint density at radius 3 is 3.27 bits per heavy atom. The minimum atomic E-state index is 0.547. The lowest BCUT2D eigenvalue weighted by Crippen LogP contribution is -2.28. The Labute approximate surface area is 65.8 Å². The fourth-order valence-corrected chi connectivity index (χ4v) is 1.52. The van der Waals surface area contributed by atoms with Crippen molar-refractivity contribution in [1.29, 1.82) is 0 Å². The maximum absolute atomic E-state index is 5.22. The van der Waals surface area contributed by atoms with Crippen LogP contribution in [-0.4, -0.2) is 18.1 Å². The SMILES string of the molecule is c1ncc([C@H]2CCCNC2)o1. The average Bonchev–Trinajstić information content (AvgIpc) is 2.58. The van der Waals surface area contributed by atoms with Crippen molar-refractivity contribution in [3.8, 4) is 0 Å². The summed E-state index contributed by atoms with van der Waals surface area (Å²) < 4.78 is 5.22. The van der Waals surface area contributed by atoms with Crippen LogP contribution < -0.4 is 5.32 Å². The number of nitrogens with one attached hydrogen (secondary N) is 1. The van der Waals surface area contributed by atoms with Gasteiger partial charge in [-0.15, -0.1) is 0 Å². The molecule has 0 radical (unpaired) electrons. The Bertz CT molecular complexity index is 202. The van der Waals surface area contributed by atoms with E-state index >= 15 is 0 Å². The third-order valence-electron chi connectivity index (χ3n) is 2.15. The van der Waals surface area contributed by atoms with Gasteiger partial charge in [-0.3, -0.25) is 0 Å². The van der Waals surface area contributed by atoms with E-state index in [1.807, 2.05) is 6.20 Å². The highest BCUT2D eigenvalue weighted by Crippen LogP contribution is 2.21. The monoisotopic (exact) mass is 152 g/mol. The zero-order valence-electron chi connectivity index (χ0n) is 6.42. The van der Waals surface area contributed by atoms with Gasteiger partial charge in [-0.1, -0.05) is 0 Å². The topological polar surface area (TPSA) is 38.1 Å². The Balaban J connectivity index is 2.04. The van der Waals surface area contributed by atoms with Crippen LogP contribution in [-0.2, 0) is 0 Å². The van der Waals surface area contributed by atoms with E-state index < -0.39 is 0 Å². The van der Waals surface area contributed by atoms with E-state index in [4.69, 9.17) is 4.42 Å². The minimum absolute atomic E-state index is 0.547. The van der Waals surface area contributed by atoms with Crippen LogP contribution in [0.15, 0.2) is 17.0 Å². The number of oxazole rings is 1. The molecule has 60 valence electrons. The molecule has 1 saturated heterocycles. The first kappa shape index (κ1) is 6.85. The fraction of sp³-hybridized carbons (Fsp3) is 0.625. The molecule has 3 nitrogen and oxygen atoms in total. The first-order valence-electron chi connectivity index (χ1n) is 4.06. The van der Waals surface area contributed by atoms with Crippen LogP contribution in [0.4, 0.5) is 0 Å². The van der Waals surface area contributed by atoms with Crippen LogP contribution in [0.2, 0.25) is 0 Å². The molecule has 2 rings (SSSR count). The van der Waals surface area contributed by atoms with Crippen molar-refractivity contribution in [2.45, 2.75) is 18.8 Å². The maximum atomic E-state index is 5.22. The number of hydrogen-bond donors (Lipinski definition) is 1. The molecule has 0 spiro atoms. The van der Waals surface area contributed by atoms with Crippen molar-refractivity contribution in [1.82, 2.24) is 10.3 Å². The van der Waals surface area contributed by atoms with Gasteiger partial charge >= 0.3 is 0 Å². The standard InChI is InChI=1S/C8H12N2O/c1-2-7(4-9-3-1)8-5-10-6-11-8/h5-7,9H,1-4H2/t7-/m0/s1. The molecule has 1 atom stereocenters. The lowest BCUT2D eigenvalue weighted by Gasteiger charge is -2.19. The van der Waals surface area contributed by atoms with Crippen molar-refractivity contribution in [2.75, 3.05) is 13.1 Å². The van der Waals surface area contributed by atoms with Crippen LogP contribution in [0.1, 0.15) is 24.5 Å². The summed E-state index contributed by atoms with van der Waals surface area (Å²) in [6.45, 7) is 2.18. The van der Waals surface area contributed by atoms with Gasteiger partial charge in [0.15, 0.2) is 6.39 Å². The third-order valence-corrected chi connectivity index (χ3v) is 2.15. The maximum Gasteiger partial charge on any atom is 0.180 e. The Hall–Kier alpha value is -0.830. The molecule has 0 bridgehead atoms. The molecule has 3 heteroatoms. The lowest BCUT2D eigenvalue weighted by atomic mass is 9.98. The highest BCUT2D eigenvalue weighted by atomic mass is 16.3. The second kappa shape index (κ2) is 3.05. The Morgan fingerprint density at radius 2 is 2.64 bits per heavy atom. The van der Waals surface area contributed by atoms with Gasteiger partial charge in [-0.2, -0.15) is 0 Å². The molecule has 0 unspecified atom stereocenters. The van der Waals surface area contributed by atoms with Crippen molar-refractivity contribution in [2.24, 2.45) is 0 Å². The molecule has 1 aromatic rings. The molecule has 0 saturated carbocycles. The summed E-state index contributed by atoms with van der Waals surface area (Å²) in [6, 6.07) is 0. The molecular formula is C8H12N2O. The van der Waals surface area contributed by atoms with Gasteiger partial charge in [0.1, 0.15) is 5.76 Å². The van der Waals surface area contributed by atoms with Crippen LogP contribution >= 0.6 is 0 Å². The average molecular weight is 152 g/mol. The quantitative estimate of drug-likeness (QED) is 0.655. The summed E-state index contributed by atoms with van der Waals surface area (Å²) in [4.78, 5) is 3.90. The number of hydrogen-bond acceptors (Lipinski definition) is 3. The van der Waals surface area contributed by atoms with Crippen molar-refractivity contribution < 1.29 is 4.42 Å². The van der Waals surface area contributed by atoms with Crippen LogP contribution in [0, 0.1) is 0 Å². The van der Waals surface area contributed by atoms with Gasteiger partial charge < -0.3 is 9.73 Å². The predicted octanol–water partition coefficient (Wildman–Crippen LogP) is 1.14. The van der Waals surface area contributed by atoms with Gasteiger partial charge in [0, 0.05) is 12.5 Å². The molecular weight excluding hydrogens is 140 g/mol. The van der Waals surface area contributed by atoms with Crippen LogP contribution in [0.3, 0.4) is 0 Å². The molecule has 0 aliphatic carbocycles. The fourth-order valence-electron chi connectivity index (χ4n) is 1.52. The van der Waals surface area contributed by atoms with E-state index in [1.165, 1.54) is 19.2 Å². The van der Waals surface area contributed by atoms with Crippen molar-refractivity contribution in [3.63, 3.8) is 0 Å². The molecule has 1 aromatic heterocycles. The zero-order valence-corrected chi connectivity index (χ0v) is 6.42. The molecule has 2 heterocycles. The van der Waals surface area contributed by atoms with Gasteiger partial charge in [-0.25, -0.2) is 4.98 Å². The second-order valence-corrected chi connectivity index (χ2v) is 2.95. The Morgan fingerprint density at radius 1 is 1.64 bits per heavy atom. The second-order valence-electron chi connectivity index (χ2n) is 2.95. The number of nitrogens with zero attached hydrogens (tertiary/aromatic N) is 1. The molecule has 0 aromatic carbocycles. The normalized spacial score (nSPS) is 25.3. The summed E-state index contributed by atoms with van der Waals surface area (Å²) in [5.74, 6) is 1.57. The summed E-state index contributed by atoms with van der Waals surface area (Å²) >= 11 is 0. The van der Waals surface area contributed by atoms with E-state index in [2.05, 4.69) is 10.3 Å². The first-order chi connectivity index (χ1) is 5.47. The van der Waals surface area contributed by atoms with E-state index in [0.29, 0.717) is 5.92 Å². The smallest absolute Gasteiger partial charge is 0.180 e. The van der Waals surface area contributed by atoms with E-state index in [-0.39, 0.29) is 0 Å². The van der Waals surface area contributed by atoms with E-state index in [9.17, 15) is 0 Å². The number of rotatable bonds is 1. The number of aromatic nitrogens is 1. The van der Waals surface area contributed by atoms with Gasteiger partial charge in [0.25, 0.3) is 0 Å². The molecule has 1 aliphatic heterocycles. The van der Waals surface area contributed by atoms with Crippen LogP contribution in [0.5, 0.6) is 0 Å². The highest BCUT2D eigenvalue weighted by Gasteiger charge is 2.17. The summed E-state index contributed by atoms with van der Waals surface area (Å²) in [5, 5.41) is 3.34.